The summed E-state index contributed by atoms with van der Waals surface area (Å²) < 4.78 is 4.79. The largest absolute Gasteiger partial charge is 0.465 e. The fourth-order valence-electron chi connectivity index (χ4n) is 4.00. The minimum Gasteiger partial charge on any atom is -0.465 e. The summed E-state index contributed by atoms with van der Waals surface area (Å²) in [4.78, 5) is 20.6. The van der Waals surface area contributed by atoms with Crippen molar-refractivity contribution in [3.05, 3.63) is 46.8 Å². The molecule has 1 N–H and O–H groups in total. The quantitative estimate of drug-likeness (QED) is 0.505. The van der Waals surface area contributed by atoms with Gasteiger partial charge in [0, 0.05) is 27.5 Å². The predicted molar refractivity (Wildman–Crippen MR) is 131 cm³/mol. The first-order valence-corrected chi connectivity index (χ1v) is 13.2. The van der Waals surface area contributed by atoms with Crippen molar-refractivity contribution in [3.63, 3.8) is 0 Å². The summed E-state index contributed by atoms with van der Waals surface area (Å²) in [5, 5.41) is 12.4. The van der Waals surface area contributed by atoms with Crippen LogP contribution in [-0.2, 0) is 11.3 Å². The van der Waals surface area contributed by atoms with E-state index >= 15 is 0 Å². The van der Waals surface area contributed by atoms with Crippen LogP contribution in [0.25, 0.3) is 0 Å². The molecule has 4 rings (SSSR count). The number of carbonyl (C=O) groups is 1. The zero-order chi connectivity index (χ0) is 22.9. The highest BCUT2D eigenvalue weighted by Gasteiger charge is 2.21. The number of aliphatic hydroxyl groups is 1. The zero-order valence-electron chi connectivity index (χ0n) is 19.3. The van der Waals surface area contributed by atoms with Gasteiger partial charge in [-0.25, -0.2) is 14.8 Å². The van der Waals surface area contributed by atoms with Crippen LogP contribution in [0.2, 0.25) is 0 Å². The van der Waals surface area contributed by atoms with Gasteiger partial charge < -0.3 is 9.84 Å². The Balaban J connectivity index is 0.000000182. The van der Waals surface area contributed by atoms with E-state index in [4.69, 9.17) is 4.74 Å². The Bertz CT molecular complexity index is 895. The summed E-state index contributed by atoms with van der Waals surface area (Å²) in [6.07, 6.45) is 10.3. The molecule has 0 amide bonds. The summed E-state index contributed by atoms with van der Waals surface area (Å²) in [5.74, 6) is -0.294. The number of pyridine rings is 2. The van der Waals surface area contributed by atoms with Gasteiger partial charge in [0.1, 0.15) is 10.1 Å². The van der Waals surface area contributed by atoms with E-state index < -0.39 is 0 Å². The number of aromatic nitrogens is 2. The number of aliphatic hydroxyl groups excluding tert-OH is 1. The summed E-state index contributed by atoms with van der Waals surface area (Å²) in [6, 6.07) is 7.61. The van der Waals surface area contributed by atoms with E-state index in [1.807, 2.05) is 49.9 Å². The molecule has 0 radical (unpaired) electrons. The molecule has 2 fully saturated rings. The van der Waals surface area contributed by atoms with Crippen molar-refractivity contribution in [2.24, 2.45) is 0 Å². The second kappa shape index (κ2) is 12.6. The minimum absolute atomic E-state index is 0.0995. The van der Waals surface area contributed by atoms with Crippen molar-refractivity contribution in [1.82, 2.24) is 9.97 Å². The normalized spacial score (nSPS) is 16.6. The smallest absolute Gasteiger partial charge is 0.340 e. The van der Waals surface area contributed by atoms with E-state index in [-0.39, 0.29) is 12.6 Å². The summed E-state index contributed by atoms with van der Waals surface area (Å²) in [7, 11) is 1.41. The highest BCUT2D eigenvalue weighted by atomic mass is 32.2. The second-order valence-corrected chi connectivity index (χ2v) is 11.0. The Morgan fingerprint density at radius 2 is 1.41 bits per heavy atom. The Morgan fingerprint density at radius 1 is 0.906 bits per heavy atom. The zero-order valence-corrected chi connectivity index (χ0v) is 20.9. The van der Waals surface area contributed by atoms with Crippen LogP contribution in [0.15, 0.2) is 34.3 Å². The maximum absolute atomic E-state index is 11.6. The molecule has 0 atom stereocenters. The number of methoxy groups -OCH3 is 1. The van der Waals surface area contributed by atoms with Crippen molar-refractivity contribution < 1.29 is 14.6 Å². The third-order valence-corrected chi connectivity index (χ3v) is 8.54. The van der Waals surface area contributed by atoms with Gasteiger partial charge in [-0.1, -0.05) is 31.7 Å². The third kappa shape index (κ3) is 7.22. The molecule has 0 bridgehead atoms. The van der Waals surface area contributed by atoms with Crippen LogP contribution in [-0.4, -0.2) is 38.7 Å². The molecule has 7 heteroatoms. The topological polar surface area (TPSA) is 72.3 Å². The lowest BCUT2D eigenvalue weighted by Gasteiger charge is -2.11. The van der Waals surface area contributed by atoms with E-state index in [1.165, 1.54) is 58.5 Å². The second-order valence-electron chi connectivity index (χ2n) is 8.42. The van der Waals surface area contributed by atoms with Gasteiger partial charge in [-0.2, -0.15) is 0 Å². The van der Waals surface area contributed by atoms with Crippen molar-refractivity contribution in [2.45, 2.75) is 92.4 Å². The number of aryl methyl sites for hydroxylation is 2. The molecule has 0 aliphatic heterocycles. The molecule has 174 valence electrons. The summed E-state index contributed by atoms with van der Waals surface area (Å²) in [6.45, 7) is 4.04. The molecule has 32 heavy (non-hydrogen) atoms. The average Bonchev–Trinajstić information content (AvgIpc) is 3.48. The van der Waals surface area contributed by atoms with Gasteiger partial charge in [-0.3, -0.25) is 0 Å². The summed E-state index contributed by atoms with van der Waals surface area (Å²) in [5.41, 5.74) is 3.54. The number of hydrogen-bond acceptors (Lipinski definition) is 7. The Hall–Kier alpha value is -1.57. The van der Waals surface area contributed by atoms with Crippen LogP contribution in [0.4, 0.5) is 0 Å². The summed E-state index contributed by atoms with van der Waals surface area (Å²) >= 11 is 3.57. The average molecular weight is 475 g/mol. The maximum atomic E-state index is 11.6. The molecular weight excluding hydrogens is 440 g/mol. The first kappa shape index (κ1) is 25.1. The van der Waals surface area contributed by atoms with Crippen LogP contribution >= 0.6 is 23.5 Å². The Kier molecular flexibility index (Phi) is 9.88. The number of nitrogens with zero attached hydrogens (tertiary/aromatic N) is 2. The molecular formula is C25H34N2O3S2. The molecule has 0 aromatic carbocycles. The third-order valence-electron chi connectivity index (χ3n) is 5.81. The van der Waals surface area contributed by atoms with Crippen molar-refractivity contribution in [2.75, 3.05) is 7.11 Å². The van der Waals surface area contributed by atoms with E-state index in [0.29, 0.717) is 16.1 Å². The molecule has 0 spiro atoms. The number of hydrogen-bond donors (Lipinski definition) is 1. The number of rotatable bonds is 6. The molecule has 0 unspecified atom stereocenters. The van der Waals surface area contributed by atoms with E-state index in [1.54, 1.807) is 11.8 Å². The molecule has 2 aromatic heterocycles. The number of thioether (sulfide) groups is 2. The van der Waals surface area contributed by atoms with Gasteiger partial charge in [0.2, 0.25) is 0 Å². The number of carbonyl (C=O) groups excluding carboxylic acids is 1. The standard InChI is InChI=1S/C13H17NO2S.C12H17NOS/c1-9-7-8-11(13(15)16-2)12(14-9)17-10-5-3-4-6-10;1-9-6-7-10(8-14)12(13-9)15-11-4-2-3-5-11/h7-8,10H,3-6H2,1-2H3;6-7,11,14H,2-5,8H2,1H3. The molecule has 2 aliphatic rings. The van der Waals surface area contributed by atoms with Gasteiger partial charge in [0.05, 0.1) is 19.3 Å². The van der Waals surface area contributed by atoms with Gasteiger partial charge in [-0.05, 0) is 57.7 Å². The number of esters is 1. The highest BCUT2D eigenvalue weighted by Crippen LogP contribution is 2.36. The van der Waals surface area contributed by atoms with Gasteiger partial charge in [-0.15, -0.1) is 23.5 Å². The van der Waals surface area contributed by atoms with Crippen molar-refractivity contribution in [1.29, 1.82) is 0 Å². The van der Waals surface area contributed by atoms with Crippen LogP contribution in [0, 0.1) is 13.8 Å². The maximum Gasteiger partial charge on any atom is 0.340 e. The lowest BCUT2D eigenvalue weighted by atomic mass is 10.2. The molecule has 2 aliphatic carbocycles. The monoisotopic (exact) mass is 474 g/mol. The van der Waals surface area contributed by atoms with E-state index in [9.17, 15) is 9.90 Å². The molecule has 2 aromatic rings. The molecule has 2 saturated carbocycles. The van der Waals surface area contributed by atoms with Gasteiger partial charge in [0.15, 0.2) is 0 Å². The van der Waals surface area contributed by atoms with Gasteiger partial charge in [0.25, 0.3) is 0 Å². The first-order valence-electron chi connectivity index (χ1n) is 11.5. The number of ether oxygens (including phenoxy) is 1. The van der Waals surface area contributed by atoms with Crippen molar-refractivity contribution in [3.8, 4) is 0 Å². The van der Waals surface area contributed by atoms with E-state index in [0.717, 1.165) is 27.0 Å². The van der Waals surface area contributed by atoms with Crippen LogP contribution in [0.5, 0.6) is 0 Å². The molecule has 0 saturated heterocycles. The molecule has 5 nitrogen and oxygen atoms in total. The Morgan fingerprint density at radius 3 is 1.94 bits per heavy atom. The van der Waals surface area contributed by atoms with Crippen LogP contribution in [0.1, 0.15) is 78.7 Å². The van der Waals surface area contributed by atoms with Gasteiger partial charge >= 0.3 is 5.97 Å². The highest BCUT2D eigenvalue weighted by molar-refractivity contribution is 8.00. The van der Waals surface area contributed by atoms with Crippen LogP contribution < -0.4 is 0 Å². The van der Waals surface area contributed by atoms with Crippen LogP contribution in [0.3, 0.4) is 0 Å². The first-order chi connectivity index (χ1) is 15.5. The van der Waals surface area contributed by atoms with Crippen molar-refractivity contribution >= 4 is 29.5 Å². The SMILES string of the molecule is COC(=O)c1ccc(C)nc1SC1CCCC1.Cc1ccc(CO)c(SC2CCCC2)n1. The minimum atomic E-state index is -0.294. The lowest BCUT2D eigenvalue weighted by molar-refractivity contribution is 0.0596. The lowest BCUT2D eigenvalue weighted by Crippen LogP contribution is -2.07. The Labute approximate surface area is 200 Å². The van der Waals surface area contributed by atoms with E-state index in [2.05, 4.69) is 9.97 Å². The molecule has 2 heterocycles. The fourth-order valence-corrected chi connectivity index (χ4v) is 6.73. The fraction of sp³-hybridized carbons (Fsp3) is 0.560. The predicted octanol–water partition coefficient (Wildman–Crippen LogP) is 6.13.